The summed E-state index contributed by atoms with van der Waals surface area (Å²) < 4.78 is 45.3. The van der Waals surface area contributed by atoms with E-state index in [4.69, 9.17) is 10.5 Å². The van der Waals surface area contributed by atoms with Gasteiger partial charge in [0, 0.05) is 6.54 Å². The van der Waals surface area contributed by atoms with E-state index in [1.165, 1.54) is 18.2 Å². The van der Waals surface area contributed by atoms with Crippen LogP contribution in [0.5, 0.6) is 5.75 Å². The van der Waals surface area contributed by atoms with Gasteiger partial charge in [-0.2, -0.15) is 0 Å². The largest absolute Gasteiger partial charge is 0.486 e. The quantitative estimate of drug-likeness (QED) is 0.923. The number of nitrogens with two attached hydrogens (primary N) is 1. The van der Waals surface area contributed by atoms with Gasteiger partial charge in [0.15, 0.2) is 11.6 Å². The Morgan fingerprint density at radius 1 is 0.947 bits per heavy atom. The molecule has 0 aliphatic carbocycles. The summed E-state index contributed by atoms with van der Waals surface area (Å²) in [6.45, 7) is -0.170. The maximum Gasteiger partial charge on any atom is 0.165 e. The van der Waals surface area contributed by atoms with Crippen LogP contribution in [0, 0.1) is 17.5 Å². The number of hydrogen-bond donors (Lipinski definition) is 1. The van der Waals surface area contributed by atoms with E-state index in [9.17, 15) is 13.2 Å². The van der Waals surface area contributed by atoms with Crippen molar-refractivity contribution in [3.05, 3.63) is 65.0 Å². The van der Waals surface area contributed by atoms with Crippen LogP contribution in [-0.2, 0) is 13.2 Å². The molecule has 2 rings (SSSR count). The second-order valence-electron chi connectivity index (χ2n) is 3.96. The summed E-state index contributed by atoms with van der Waals surface area (Å²) in [6, 6.07) is 7.70. The van der Waals surface area contributed by atoms with Gasteiger partial charge in [0.25, 0.3) is 0 Å². The van der Waals surface area contributed by atoms with Gasteiger partial charge in [-0.15, -0.1) is 0 Å². The topological polar surface area (TPSA) is 35.2 Å². The third kappa shape index (κ3) is 3.06. The van der Waals surface area contributed by atoms with Crippen molar-refractivity contribution in [2.45, 2.75) is 13.2 Å². The van der Waals surface area contributed by atoms with E-state index in [1.807, 2.05) is 0 Å². The smallest absolute Gasteiger partial charge is 0.165 e. The minimum Gasteiger partial charge on any atom is -0.486 e. The number of rotatable bonds is 4. The van der Waals surface area contributed by atoms with Crippen LogP contribution in [0.2, 0.25) is 0 Å². The van der Waals surface area contributed by atoms with Gasteiger partial charge in [-0.25, -0.2) is 13.2 Å². The molecule has 5 heteroatoms. The summed E-state index contributed by atoms with van der Waals surface area (Å²) in [6.07, 6.45) is 0. The van der Waals surface area contributed by atoms with Crippen molar-refractivity contribution in [2.75, 3.05) is 0 Å². The summed E-state index contributed by atoms with van der Waals surface area (Å²) in [5.74, 6) is -2.13. The molecule has 0 radical (unpaired) electrons. The van der Waals surface area contributed by atoms with Crippen LogP contribution in [0.25, 0.3) is 0 Å². The first-order chi connectivity index (χ1) is 9.11. The summed E-state index contributed by atoms with van der Waals surface area (Å²) >= 11 is 0. The Kier molecular flexibility index (Phi) is 4.06. The maximum atomic E-state index is 13.6. The molecule has 0 spiro atoms. The second-order valence-corrected chi connectivity index (χ2v) is 3.96. The predicted molar refractivity (Wildman–Crippen MR) is 65.0 cm³/mol. The Morgan fingerprint density at radius 2 is 1.63 bits per heavy atom. The molecular formula is C14H12F3NO. The molecule has 0 saturated carbocycles. The fourth-order valence-electron chi connectivity index (χ4n) is 1.61. The van der Waals surface area contributed by atoms with Crippen LogP contribution in [0.3, 0.4) is 0 Å². The number of halogens is 3. The van der Waals surface area contributed by atoms with Crippen molar-refractivity contribution < 1.29 is 17.9 Å². The van der Waals surface area contributed by atoms with Gasteiger partial charge in [-0.3, -0.25) is 0 Å². The van der Waals surface area contributed by atoms with Crippen LogP contribution in [0.4, 0.5) is 13.2 Å². The van der Waals surface area contributed by atoms with Crippen molar-refractivity contribution in [3.8, 4) is 5.75 Å². The molecule has 100 valence electrons. The van der Waals surface area contributed by atoms with Crippen LogP contribution in [-0.4, -0.2) is 0 Å². The molecule has 2 nitrogen and oxygen atoms in total. The fourth-order valence-corrected chi connectivity index (χ4v) is 1.61. The van der Waals surface area contributed by atoms with Gasteiger partial charge in [0.2, 0.25) is 0 Å². The van der Waals surface area contributed by atoms with Crippen molar-refractivity contribution in [3.63, 3.8) is 0 Å². The lowest BCUT2D eigenvalue weighted by atomic mass is 10.2. The lowest BCUT2D eigenvalue weighted by molar-refractivity contribution is 0.278. The molecule has 0 bridgehead atoms. The SMILES string of the molecule is NCc1ccc(OCc2c(F)cccc2F)c(F)c1. The molecule has 0 unspecified atom stereocenters. The zero-order valence-electron chi connectivity index (χ0n) is 10.00. The first-order valence-electron chi connectivity index (χ1n) is 5.66. The highest BCUT2D eigenvalue weighted by Gasteiger charge is 2.11. The zero-order chi connectivity index (χ0) is 13.8. The minimum absolute atomic E-state index is 0.0696. The van der Waals surface area contributed by atoms with Crippen LogP contribution in [0.1, 0.15) is 11.1 Å². The summed E-state index contributed by atoms with van der Waals surface area (Å²) in [4.78, 5) is 0. The van der Waals surface area contributed by atoms with Gasteiger partial charge >= 0.3 is 0 Å². The normalized spacial score (nSPS) is 10.5. The van der Waals surface area contributed by atoms with E-state index in [0.717, 1.165) is 12.1 Å². The molecule has 2 aromatic carbocycles. The lowest BCUT2D eigenvalue weighted by Crippen LogP contribution is -2.04. The first-order valence-corrected chi connectivity index (χ1v) is 5.66. The molecule has 0 heterocycles. The molecular weight excluding hydrogens is 255 g/mol. The molecule has 0 aliphatic rings. The Bertz CT molecular complexity index is 567. The molecule has 0 aromatic heterocycles. The highest BCUT2D eigenvalue weighted by atomic mass is 19.1. The van der Waals surface area contributed by atoms with Gasteiger partial charge in [0.1, 0.15) is 18.2 Å². The highest BCUT2D eigenvalue weighted by molar-refractivity contribution is 5.30. The molecule has 0 aliphatic heterocycles. The number of ether oxygens (including phenoxy) is 1. The maximum absolute atomic E-state index is 13.6. The molecule has 0 amide bonds. The fraction of sp³-hybridized carbons (Fsp3) is 0.143. The minimum atomic E-state index is -0.723. The molecule has 19 heavy (non-hydrogen) atoms. The third-order valence-electron chi connectivity index (χ3n) is 2.67. The lowest BCUT2D eigenvalue weighted by Gasteiger charge is -2.09. The van der Waals surface area contributed by atoms with Crippen molar-refractivity contribution in [1.29, 1.82) is 0 Å². The predicted octanol–water partition coefficient (Wildman–Crippen LogP) is 3.14. The van der Waals surface area contributed by atoms with E-state index in [0.29, 0.717) is 5.56 Å². The average molecular weight is 267 g/mol. The van der Waals surface area contributed by atoms with E-state index < -0.39 is 17.5 Å². The van der Waals surface area contributed by atoms with Crippen molar-refractivity contribution in [1.82, 2.24) is 0 Å². The van der Waals surface area contributed by atoms with E-state index in [2.05, 4.69) is 0 Å². The summed E-state index contributed by atoms with van der Waals surface area (Å²) in [5.41, 5.74) is 5.75. The van der Waals surface area contributed by atoms with Crippen molar-refractivity contribution >= 4 is 0 Å². The van der Waals surface area contributed by atoms with Gasteiger partial charge in [-0.1, -0.05) is 12.1 Å². The van der Waals surface area contributed by atoms with Crippen molar-refractivity contribution in [2.24, 2.45) is 5.73 Å². The molecule has 0 saturated heterocycles. The van der Waals surface area contributed by atoms with Gasteiger partial charge < -0.3 is 10.5 Å². The molecule has 2 N–H and O–H groups in total. The van der Waals surface area contributed by atoms with Crippen LogP contribution in [0.15, 0.2) is 36.4 Å². The zero-order valence-corrected chi connectivity index (χ0v) is 10.00. The Morgan fingerprint density at radius 3 is 2.21 bits per heavy atom. The van der Waals surface area contributed by atoms with Gasteiger partial charge in [0.05, 0.1) is 5.56 Å². The van der Waals surface area contributed by atoms with Crippen LogP contribution >= 0.6 is 0 Å². The Labute approximate surface area is 108 Å². The van der Waals surface area contributed by atoms with E-state index in [1.54, 1.807) is 6.07 Å². The van der Waals surface area contributed by atoms with E-state index in [-0.39, 0.29) is 24.5 Å². The van der Waals surface area contributed by atoms with E-state index >= 15 is 0 Å². The molecule has 0 atom stereocenters. The molecule has 0 fully saturated rings. The highest BCUT2D eigenvalue weighted by Crippen LogP contribution is 2.21. The average Bonchev–Trinajstić information content (AvgIpc) is 2.39. The molecule has 2 aromatic rings. The summed E-state index contributed by atoms with van der Waals surface area (Å²) in [5, 5.41) is 0. The number of hydrogen-bond acceptors (Lipinski definition) is 2. The van der Waals surface area contributed by atoms with Gasteiger partial charge in [-0.05, 0) is 29.8 Å². The second kappa shape index (κ2) is 5.75. The first kappa shape index (κ1) is 13.4. The monoisotopic (exact) mass is 267 g/mol. The Balaban J connectivity index is 2.15. The third-order valence-corrected chi connectivity index (χ3v) is 2.67. The standard InChI is InChI=1S/C14H12F3NO/c15-11-2-1-3-12(16)10(11)8-19-14-5-4-9(7-18)6-13(14)17/h1-6H,7-8,18H2. The van der Waals surface area contributed by atoms with Crippen LogP contribution < -0.4 is 10.5 Å². The number of benzene rings is 2. The summed E-state index contributed by atoms with van der Waals surface area (Å²) in [7, 11) is 0. The Hall–Kier alpha value is -2.01.